The van der Waals surface area contributed by atoms with E-state index in [1.54, 1.807) is 6.92 Å². The molecule has 1 aliphatic carbocycles. The molecule has 2 aliphatic rings. The van der Waals surface area contributed by atoms with E-state index in [2.05, 4.69) is 55.5 Å². The summed E-state index contributed by atoms with van der Waals surface area (Å²) < 4.78 is 39.5. The first-order valence-corrected chi connectivity index (χ1v) is 14.6. The molecule has 1 saturated heterocycles. The lowest BCUT2D eigenvalue weighted by Gasteiger charge is -2.44. The molecule has 3 unspecified atom stereocenters. The zero-order chi connectivity index (χ0) is 24.1. The molecule has 0 spiro atoms. The van der Waals surface area contributed by atoms with Gasteiger partial charge in [-0.1, -0.05) is 99.7 Å². The Balaban J connectivity index is 1.63. The van der Waals surface area contributed by atoms with E-state index in [4.69, 9.17) is 8.92 Å². The van der Waals surface area contributed by atoms with E-state index < -0.39 is 26.6 Å². The van der Waals surface area contributed by atoms with Gasteiger partial charge in [-0.25, -0.2) is 4.18 Å². The highest BCUT2D eigenvalue weighted by atomic mass is 32.2. The van der Waals surface area contributed by atoms with Crippen LogP contribution in [-0.2, 0) is 19.0 Å². The number of benzene rings is 2. The molecule has 1 heterocycles. The summed E-state index contributed by atoms with van der Waals surface area (Å²) in [5.41, 5.74) is 1.97. The summed E-state index contributed by atoms with van der Waals surface area (Å²) in [6.07, 6.45) is 9.38. The molecule has 2 fully saturated rings. The fourth-order valence-electron chi connectivity index (χ4n) is 6.23. The second kappa shape index (κ2) is 10.9. The fraction of sp³-hybridized carbons (Fsp3) is 0.586. The van der Waals surface area contributed by atoms with Crippen LogP contribution in [0.1, 0.15) is 95.1 Å². The van der Waals surface area contributed by atoms with Crippen LogP contribution in [0.15, 0.2) is 60.7 Å². The van der Waals surface area contributed by atoms with Gasteiger partial charge in [-0.3, -0.25) is 0 Å². The third kappa shape index (κ3) is 4.98. The molecule has 0 radical (unpaired) electrons. The predicted molar refractivity (Wildman–Crippen MR) is 137 cm³/mol. The lowest BCUT2D eigenvalue weighted by Crippen LogP contribution is -2.49. The van der Waals surface area contributed by atoms with Gasteiger partial charge in [0.25, 0.3) is 10.1 Å². The molecule has 0 N–H and O–H groups in total. The molecule has 3 atom stereocenters. The standard InChI is InChI=1S/C29H40O4S/c1-3-4-5-6-9-15-24(2)34(30,31)33-29-21-14-20-28(29,22-23-32-29)27(25-16-10-7-11-17-25)26-18-12-8-13-19-26/h7-8,10-13,16-19,24,27H,3-6,9,14-15,20-23H2,1-2H3. The maximum Gasteiger partial charge on any atom is 0.272 e. The monoisotopic (exact) mass is 484 g/mol. The quantitative estimate of drug-likeness (QED) is 0.236. The van der Waals surface area contributed by atoms with E-state index in [0.29, 0.717) is 19.4 Å². The van der Waals surface area contributed by atoms with Crippen LogP contribution in [0.3, 0.4) is 0 Å². The van der Waals surface area contributed by atoms with Crippen LogP contribution in [0.2, 0.25) is 0 Å². The van der Waals surface area contributed by atoms with Crippen LogP contribution < -0.4 is 0 Å². The Morgan fingerprint density at radius 1 is 0.882 bits per heavy atom. The second-order valence-electron chi connectivity index (χ2n) is 10.2. The van der Waals surface area contributed by atoms with Gasteiger partial charge in [-0.15, -0.1) is 0 Å². The Hall–Kier alpha value is -1.69. The van der Waals surface area contributed by atoms with E-state index in [0.717, 1.165) is 38.5 Å². The first kappa shape index (κ1) is 25.4. The zero-order valence-corrected chi connectivity index (χ0v) is 21.6. The Morgan fingerprint density at radius 3 is 2.12 bits per heavy atom. The van der Waals surface area contributed by atoms with E-state index in [-0.39, 0.29) is 5.92 Å². The van der Waals surface area contributed by atoms with Crippen LogP contribution in [0.25, 0.3) is 0 Å². The van der Waals surface area contributed by atoms with E-state index in [1.165, 1.54) is 24.0 Å². The molecular weight excluding hydrogens is 444 g/mol. The van der Waals surface area contributed by atoms with Gasteiger partial charge in [0.1, 0.15) is 0 Å². The van der Waals surface area contributed by atoms with Crippen molar-refractivity contribution in [3.05, 3.63) is 71.8 Å². The minimum Gasteiger partial charge on any atom is -0.348 e. The Bertz CT molecular complexity index is 953. The summed E-state index contributed by atoms with van der Waals surface area (Å²) in [4.78, 5) is 0. The highest BCUT2D eigenvalue weighted by molar-refractivity contribution is 7.87. The maximum atomic E-state index is 13.5. The maximum absolute atomic E-state index is 13.5. The van der Waals surface area contributed by atoms with Gasteiger partial charge >= 0.3 is 0 Å². The summed E-state index contributed by atoms with van der Waals surface area (Å²) in [5, 5.41) is -0.530. The second-order valence-corrected chi connectivity index (χ2v) is 12.2. The van der Waals surface area contributed by atoms with Crippen molar-refractivity contribution in [2.24, 2.45) is 5.41 Å². The summed E-state index contributed by atoms with van der Waals surface area (Å²) in [6.45, 7) is 4.51. The van der Waals surface area contributed by atoms with Crippen molar-refractivity contribution in [3.63, 3.8) is 0 Å². The van der Waals surface area contributed by atoms with Crippen LogP contribution in [0.5, 0.6) is 0 Å². The number of fused-ring (bicyclic) bond motifs is 1. The smallest absolute Gasteiger partial charge is 0.272 e. The minimum atomic E-state index is -3.76. The lowest BCUT2D eigenvalue weighted by atomic mass is 9.64. The van der Waals surface area contributed by atoms with Gasteiger partial charge in [0.15, 0.2) is 5.79 Å². The summed E-state index contributed by atoms with van der Waals surface area (Å²) in [5.74, 6) is -1.09. The number of unbranched alkanes of at least 4 members (excludes halogenated alkanes) is 4. The Kier molecular flexibility index (Phi) is 8.16. The minimum absolute atomic E-state index is 0.0134. The summed E-state index contributed by atoms with van der Waals surface area (Å²) in [6, 6.07) is 20.9. The van der Waals surface area contributed by atoms with Crippen molar-refractivity contribution in [2.75, 3.05) is 6.61 Å². The average molecular weight is 485 g/mol. The fourth-order valence-corrected chi connectivity index (χ4v) is 7.53. The lowest BCUT2D eigenvalue weighted by molar-refractivity contribution is -0.192. The summed E-state index contributed by atoms with van der Waals surface area (Å²) >= 11 is 0. The number of hydrogen-bond donors (Lipinski definition) is 0. The van der Waals surface area contributed by atoms with E-state index in [1.807, 2.05) is 12.1 Å². The van der Waals surface area contributed by atoms with Gasteiger partial charge in [-0.05, 0) is 43.7 Å². The predicted octanol–water partition coefficient (Wildman–Crippen LogP) is 7.20. The number of hydrogen-bond acceptors (Lipinski definition) is 4. The molecule has 34 heavy (non-hydrogen) atoms. The van der Waals surface area contributed by atoms with Crippen molar-refractivity contribution >= 4 is 10.1 Å². The van der Waals surface area contributed by atoms with Crippen molar-refractivity contribution in [3.8, 4) is 0 Å². The van der Waals surface area contributed by atoms with Gasteiger partial charge in [-0.2, -0.15) is 8.42 Å². The number of rotatable bonds is 12. The molecule has 4 rings (SSSR count). The molecule has 5 heteroatoms. The van der Waals surface area contributed by atoms with Crippen molar-refractivity contribution in [1.29, 1.82) is 0 Å². The van der Waals surface area contributed by atoms with Crippen LogP contribution >= 0.6 is 0 Å². The molecule has 0 bridgehead atoms. The first-order valence-electron chi connectivity index (χ1n) is 13.1. The number of ether oxygens (including phenoxy) is 1. The highest BCUT2D eigenvalue weighted by Gasteiger charge is 2.66. The SMILES string of the molecule is CCCCCCCC(C)S(=O)(=O)OC12CCCC1(C(c1ccccc1)c1ccccc1)CCO2. The molecule has 4 nitrogen and oxygen atoms in total. The Morgan fingerprint density at radius 2 is 1.50 bits per heavy atom. The molecule has 186 valence electrons. The average Bonchev–Trinajstić information content (AvgIpc) is 3.34. The molecule has 0 amide bonds. The van der Waals surface area contributed by atoms with Gasteiger partial charge < -0.3 is 4.74 Å². The van der Waals surface area contributed by atoms with Crippen LogP contribution in [-0.4, -0.2) is 26.1 Å². The van der Waals surface area contributed by atoms with Crippen molar-refractivity contribution in [2.45, 2.75) is 95.0 Å². The molecule has 1 saturated carbocycles. The largest absolute Gasteiger partial charge is 0.348 e. The van der Waals surface area contributed by atoms with Crippen molar-refractivity contribution < 1.29 is 17.3 Å². The first-order chi connectivity index (χ1) is 16.4. The van der Waals surface area contributed by atoms with Crippen molar-refractivity contribution in [1.82, 2.24) is 0 Å². The van der Waals surface area contributed by atoms with Crippen LogP contribution in [0, 0.1) is 5.41 Å². The zero-order valence-electron chi connectivity index (χ0n) is 20.7. The Labute approximate surface area is 206 Å². The highest BCUT2D eigenvalue weighted by Crippen LogP contribution is 2.64. The van der Waals surface area contributed by atoms with Gasteiger partial charge in [0.05, 0.1) is 11.9 Å². The normalized spacial score (nSPS) is 25.5. The molecule has 1 aliphatic heterocycles. The third-order valence-corrected chi connectivity index (χ3v) is 9.77. The molecule has 2 aromatic carbocycles. The van der Waals surface area contributed by atoms with Gasteiger partial charge in [0.2, 0.25) is 0 Å². The van der Waals surface area contributed by atoms with Crippen LogP contribution in [0.4, 0.5) is 0 Å². The summed E-state index contributed by atoms with van der Waals surface area (Å²) in [7, 11) is -3.76. The molecule has 2 aromatic rings. The molecule has 0 aromatic heterocycles. The van der Waals surface area contributed by atoms with E-state index >= 15 is 0 Å². The molecular formula is C29H40O4S. The third-order valence-electron chi connectivity index (χ3n) is 8.05. The van der Waals surface area contributed by atoms with E-state index in [9.17, 15) is 8.42 Å². The topological polar surface area (TPSA) is 52.6 Å². The van der Waals surface area contributed by atoms with Gasteiger partial charge in [0, 0.05) is 17.8 Å².